The third-order valence-electron chi connectivity index (χ3n) is 3.89. The maximum absolute atomic E-state index is 5.75. The number of pyridine rings is 1. The van der Waals surface area contributed by atoms with Crippen molar-refractivity contribution < 1.29 is 14.2 Å². The first-order valence-corrected chi connectivity index (χ1v) is 7.99. The van der Waals surface area contributed by atoms with Crippen molar-refractivity contribution in [1.82, 2.24) is 25.0 Å². The van der Waals surface area contributed by atoms with Crippen molar-refractivity contribution in [3.05, 3.63) is 24.7 Å². The highest BCUT2D eigenvalue weighted by Gasteiger charge is 2.13. The van der Waals surface area contributed by atoms with Crippen LogP contribution in [0.25, 0.3) is 22.2 Å². The Labute approximate surface area is 138 Å². The number of hydrogen-bond acceptors (Lipinski definition) is 6. The van der Waals surface area contributed by atoms with Crippen LogP contribution in [0.2, 0.25) is 0 Å². The number of nitrogens with zero attached hydrogens (tertiary/aromatic N) is 4. The van der Waals surface area contributed by atoms with Gasteiger partial charge in [0, 0.05) is 23.2 Å². The van der Waals surface area contributed by atoms with Crippen molar-refractivity contribution in [1.29, 1.82) is 0 Å². The second-order valence-corrected chi connectivity index (χ2v) is 5.74. The standard InChI is InChI=1S/C16H19N5O3/c1-11-10-24-15-6-13-14(8-17-15)19-20-16(13)12-7-18-21(9-12)2-3-22-4-5-23-11/h6-9,11H,2-5,10H2,1H3,(H,19,20). The second kappa shape index (κ2) is 6.58. The van der Waals surface area contributed by atoms with Crippen LogP contribution in [0, 0.1) is 0 Å². The van der Waals surface area contributed by atoms with E-state index < -0.39 is 0 Å². The van der Waals surface area contributed by atoms with E-state index in [1.165, 1.54) is 0 Å². The van der Waals surface area contributed by atoms with Gasteiger partial charge in [0.05, 0.1) is 50.4 Å². The summed E-state index contributed by atoms with van der Waals surface area (Å²) in [5.74, 6) is 0.552. The van der Waals surface area contributed by atoms with Gasteiger partial charge in [-0.2, -0.15) is 10.2 Å². The molecule has 1 unspecified atom stereocenters. The van der Waals surface area contributed by atoms with Gasteiger partial charge in [-0.1, -0.05) is 0 Å². The normalized spacial score (nSPS) is 19.5. The predicted octanol–water partition coefficient (Wildman–Crippen LogP) is 1.64. The molecule has 126 valence electrons. The second-order valence-electron chi connectivity index (χ2n) is 5.74. The van der Waals surface area contributed by atoms with Crippen molar-refractivity contribution in [2.24, 2.45) is 0 Å². The van der Waals surface area contributed by atoms with Crippen molar-refractivity contribution in [3.63, 3.8) is 0 Å². The van der Waals surface area contributed by atoms with Gasteiger partial charge in [0.25, 0.3) is 0 Å². The van der Waals surface area contributed by atoms with Crippen LogP contribution >= 0.6 is 0 Å². The molecule has 4 rings (SSSR count). The molecule has 4 heterocycles. The fourth-order valence-electron chi connectivity index (χ4n) is 2.62. The Balaban J connectivity index is 1.69. The van der Waals surface area contributed by atoms with Gasteiger partial charge in [-0.05, 0) is 6.92 Å². The molecule has 1 aliphatic rings. The highest BCUT2D eigenvalue weighted by molar-refractivity contribution is 5.92. The van der Waals surface area contributed by atoms with Gasteiger partial charge in [0.1, 0.15) is 12.3 Å². The molecule has 1 N–H and O–H groups in total. The van der Waals surface area contributed by atoms with E-state index in [-0.39, 0.29) is 6.10 Å². The van der Waals surface area contributed by atoms with Crippen LogP contribution in [0.3, 0.4) is 0 Å². The van der Waals surface area contributed by atoms with Crippen molar-refractivity contribution >= 4 is 10.9 Å². The molecule has 0 amide bonds. The summed E-state index contributed by atoms with van der Waals surface area (Å²) in [5.41, 5.74) is 2.64. The summed E-state index contributed by atoms with van der Waals surface area (Å²) in [6.45, 7) is 4.76. The smallest absolute Gasteiger partial charge is 0.214 e. The summed E-state index contributed by atoms with van der Waals surface area (Å²) in [5, 5.41) is 12.7. The van der Waals surface area contributed by atoms with E-state index in [1.54, 1.807) is 12.4 Å². The lowest BCUT2D eigenvalue weighted by Gasteiger charge is -2.14. The Morgan fingerprint density at radius 2 is 2.21 bits per heavy atom. The number of aromatic amines is 1. The van der Waals surface area contributed by atoms with Crippen LogP contribution in [-0.2, 0) is 16.0 Å². The molecule has 8 nitrogen and oxygen atoms in total. The Kier molecular flexibility index (Phi) is 4.14. The van der Waals surface area contributed by atoms with Gasteiger partial charge in [-0.3, -0.25) is 9.78 Å². The Hall–Kier alpha value is -2.45. The third kappa shape index (κ3) is 3.10. The first-order valence-electron chi connectivity index (χ1n) is 7.99. The zero-order valence-corrected chi connectivity index (χ0v) is 13.4. The van der Waals surface area contributed by atoms with E-state index in [0.717, 1.165) is 22.2 Å². The molecule has 4 bridgehead atoms. The molecule has 3 aromatic heterocycles. The summed E-state index contributed by atoms with van der Waals surface area (Å²) >= 11 is 0. The SMILES string of the molecule is CC1COc2cc3c(n[nH]c3cn2)-c2cnn(c2)CCOCCO1. The van der Waals surface area contributed by atoms with Gasteiger partial charge in [-0.25, -0.2) is 4.98 Å². The lowest BCUT2D eigenvalue weighted by molar-refractivity contribution is -0.00791. The number of fused-ring (bicyclic) bond motifs is 4. The van der Waals surface area contributed by atoms with E-state index >= 15 is 0 Å². The Morgan fingerprint density at radius 1 is 1.25 bits per heavy atom. The molecular formula is C16H19N5O3. The van der Waals surface area contributed by atoms with E-state index in [9.17, 15) is 0 Å². The average Bonchev–Trinajstić information content (AvgIpc) is 3.21. The number of H-pyrrole nitrogens is 1. The monoisotopic (exact) mass is 329 g/mol. The fourth-order valence-corrected chi connectivity index (χ4v) is 2.62. The lowest BCUT2D eigenvalue weighted by Crippen LogP contribution is -2.21. The maximum Gasteiger partial charge on any atom is 0.214 e. The number of hydrogen-bond donors (Lipinski definition) is 1. The molecule has 0 spiro atoms. The Bertz CT molecular complexity index is 828. The molecular weight excluding hydrogens is 310 g/mol. The van der Waals surface area contributed by atoms with Crippen molar-refractivity contribution in [2.45, 2.75) is 19.6 Å². The Morgan fingerprint density at radius 3 is 3.17 bits per heavy atom. The summed E-state index contributed by atoms with van der Waals surface area (Å²) in [7, 11) is 0. The van der Waals surface area contributed by atoms with E-state index in [1.807, 2.05) is 23.9 Å². The quantitative estimate of drug-likeness (QED) is 0.674. The van der Waals surface area contributed by atoms with Crippen LogP contribution in [0.15, 0.2) is 24.7 Å². The number of nitrogens with one attached hydrogen (secondary N) is 1. The average molecular weight is 329 g/mol. The minimum Gasteiger partial charge on any atom is -0.475 e. The molecule has 1 atom stereocenters. The lowest BCUT2D eigenvalue weighted by atomic mass is 10.2. The molecule has 0 fully saturated rings. The summed E-state index contributed by atoms with van der Waals surface area (Å²) < 4.78 is 18.8. The van der Waals surface area contributed by atoms with Crippen LogP contribution in [0.5, 0.6) is 5.88 Å². The van der Waals surface area contributed by atoms with Gasteiger partial charge >= 0.3 is 0 Å². The largest absolute Gasteiger partial charge is 0.475 e. The molecule has 0 saturated carbocycles. The highest BCUT2D eigenvalue weighted by atomic mass is 16.6. The van der Waals surface area contributed by atoms with Gasteiger partial charge < -0.3 is 14.2 Å². The minimum absolute atomic E-state index is 0.0335. The van der Waals surface area contributed by atoms with Gasteiger partial charge in [0.15, 0.2) is 0 Å². The molecule has 24 heavy (non-hydrogen) atoms. The predicted molar refractivity (Wildman–Crippen MR) is 86.8 cm³/mol. The number of rotatable bonds is 0. The van der Waals surface area contributed by atoms with Crippen molar-refractivity contribution in [2.75, 3.05) is 26.4 Å². The van der Waals surface area contributed by atoms with Crippen molar-refractivity contribution in [3.8, 4) is 17.1 Å². The van der Waals surface area contributed by atoms with Crippen LogP contribution < -0.4 is 4.74 Å². The molecule has 0 saturated heterocycles. The summed E-state index contributed by atoms with van der Waals surface area (Å²) in [6.07, 6.45) is 5.46. The van der Waals surface area contributed by atoms with Crippen LogP contribution in [-0.4, -0.2) is 57.5 Å². The summed E-state index contributed by atoms with van der Waals surface area (Å²) in [4.78, 5) is 4.30. The molecule has 1 aliphatic heterocycles. The highest BCUT2D eigenvalue weighted by Crippen LogP contribution is 2.27. The number of aromatic nitrogens is 5. The molecule has 3 aromatic rings. The van der Waals surface area contributed by atoms with E-state index in [0.29, 0.717) is 38.9 Å². The molecule has 0 aromatic carbocycles. The molecule has 8 heteroatoms. The number of ether oxygens (including phenoxy) is 3. The minimum atomic E-state index is -0.0335. The van der Waals surface area contributed by atoms with Crippen LogP contribution in [0.1, 0.15) is 6.92 Å². The molecule has 0 radical (unpaired) electrons. The van der Waals surface area contributed by atoms with E-state index in [4.69, 9.17) is 14.2 Å². The topological polar surface area (TPSA) is 87.1 Å². The zero-order valence-electron chi connectivity index (χ0n) is 13.4. The first-order chi connectivity index (χ1) is 11.8. The fraction of sp³-hybridized carbons (Fsp3) is 0.438. The molecule has 0 aliphatic carbocycles. The van der Waals surface area contributed by atoms with E-state index in [2.05, 4.69) is 20.3 Å². The third-order valence-corrected chi connectivity index (χ3v) is 3.89. The first kappa shape index (κ1) is 15.1. The zero-order chi connectivity index (χ0) is 16.4. The maximum atomic E-state index is 5.75. The van der Waals surface area contributed by atoms with Gasteiger partial charge in [0.2, 0.25) is 5.88 Å². The van der Waals surface area contributed by atoms with Crippen LogP contribution in [0.4, 0.5) is 0 Å². The summed E-state index contributed by atoms with van der Waals surface area (Å²) in [6, 6.07) is 1.90. The van der Waals surface area contributed by atoms with Gasteiger partial charge in [-0.15, -0.1) is 0 Å².